The lowest BCUT2D eigenvalue weighted by Crippen LogP contribution is -2.34. The van der Waals surface area contributed by atoms with Crippen LogP contribution in [-0.2, 0) is 0 Å². The predicted octanol–water partition coefficient (Wildman–Crippen LogP) is 2.07. The third-order valence-corrected chi connectivity index (χ3v) is 2.90. The molecule has 1 aromatic heterocycles. The monoisotopic (exact) mass is 232 g/mol. The Bertz CT molecular complexity index is 489. The second-order valence-electron chi connectivity index (χ2n) is 4.35. The van der Waals surface area contributed by atoms with Crippen molar-refractivity contribution in [1.82, 2.24) is 4.98 Å². The Morgan fingerprint density at radius 3 is 2.82 bits per heavy atom. The van der Waals surface area contributed by atoms with Crippen molar-refractivity contribution in [3.63, 3.8) is 0 Å². The molecule has 1 saturated carbocycles. The molecule has 2 rings (SSSR count). The maximum Gasteiger partial charge on any atom is 0.305 e. The molecule has 0 atom stereocenters. The van der Waals surface area contributed by atoms with E-state index in [2.05, 4.69) is 17.2 Å². The highest BCUT2D eigenvalue weighted by atomic mass is 16.6. The van der Waals surface area contributed by atoms with Crippen molar-refractivity contribution < 1.29 is 4.92 Å². The zero-order valence-electron chi connectivity index (χ0n) is 9.38. The number of pyridine rings is 1. The molecule has 0 saturated heterocycles. The van der Waals surface area contributed by atoms with Gasteiger partial charge in [0.05, 0.1) is 4.92 Å². The summed E-state index contributed by atoms with van der Waals surface area (Å²) in [4.78, 5) is 14.0. The minimum absolute atomic E-state index is 0.146. The summed E-state index contributed by atoms with van der Waals surface area (Å²) in [5, 5.41) is 22.6. The molecule has 0 bridgehead atoms. The number of hydrogen-bond donors (Lipinski definition) is 1. The molecule has 1 heterocycles. The van der Waals surface area contributed by atoms with Crippen molar-refractivity contribution in [3.05, 3.63) is 27.9 Å². The van der Waals surface area contributed by atoms with Crippen molar-refractivity contribution in [2.75, 3.05) is 5.32 Å². The number of nitrogens with zero attached hydrogens (tertiary/aromatic N) is 3. The molecule has 0 unspecified atom stereocenters. The van der Waals surface area contributed by atoms with Gasteiger partial charge in [0.15, 0.2) is 0 Å². The molecular weight excluding hydrogens is 220 g/mol. The van der Waals surface area contributed by atoms with Gasteiger partial charge in [-0.1, -0.05) is 6.92 Å². The van der Waals surface area contributed by atoms with E-state index >= 15 is 0 Å². The molecule has 0 radical (unpaired) electrons. The first-order valence-corrected chi connectivity index (χ1v) is 5.42. The van der Waals surface area contributed by atoms with Crippen molar-refractivity contribution in [2.24, 2.45) is 5.92 Å². The zero-order chi connectivity index (χ0) is 12.4. The number of nitro groups is 1. The topological polar surface area (TPSA) is 91.9 Å². The summed E-state index contributed by atoms with van der Waals surface area (Å²) in [5.74, 6) is 1.24. The van der Waals surface area contributed by atoms with Crippen LogP contribution in [0.25, 0.3) is 0 Å². The summed E-state index contributed by atoms with van der Waals surface area (Å²) in [6, 6.07) is 4.97. The lowest BCUT2D eigenvalue weighted by Gasteiger charge is -2.33. The molecule has 0 spiro atoms. The Labute approximate surface area is 98.4 Å². The van der Waals surface area contributed by atoms with E-state index in [-0.39, 0.29) is 11.4 Å². The molecule has 1 N–H and O–H groups in total. The highest BCUT2D eigenvalue weighted by molar-refractivity contribution is 5.50. The standard InChI is InChI=1S/C11H12N4O2/c1-7-4-8(5-7)13-11-3-2-10(15(16)17)9(6-12)14-11/h2-3,7-8H,4-5H2,1H3,(H,13,14). The van der Waals surface area contributed by atoms with Gasteiger partial charge in [0, 0.05) is 12.1 Å². The van der Waals surface area contributed by atoms with E-state index < -0.39 is 4.92 Å². The molecule has 1 aliphatic carbocycles. The second kappa shape index (κ2) is 4.37. The molecule has 88 valence electrons. The summed E-state index contributed by atoms with van der Waals surface area (Å²) >= 11 is 0. The molecule has 0 amide bonds. The third-order valence-electron chi connectivity index (χ3n) is 2.90. The average Bonchev–Trinajstić information content (AvgIpc) is 2.26. The van der Waals surface area contributed by atoms with Gasteiger partial charge in [-0.25, -0.2) is 4.98 Å². The Hall–Kier alpha value is -2.16. The van der Waals surface area contributed by atoms with Crippen molar-refractivity contribution in [2.45, 2.75) is 25.8 Å². The van der Waals surface area contributed by atoms with Crippen LogP contribution in [0.3, 0.4) is 0 Å². The highest BCUT2D eigenvalue weighted by Gasteiger charge is 2.26. The van der Waals surface area contributed by atoms with Crippen LogP contribution in [0, 0.1) is 27.4 Å². The minimum Gasteiger partial charge on any atom is -0.367 e. The van der Waals surface area contributed by atoms with E-state index in [9.17, 15) is 10.1 Å². The largest absolute Gasteiger partial charge is 0.367 e. The van der Waals surface area contributed by atoms with Crippen molar-refractivity contribution >= 4 is 11.5 Å². The fraction of sp³-hybridized carbons (Fsp3) is 0.455. The maximum absolute atomic E-state index is 10.6. The molecule has 0 aromatic carbocycles. The first-order valence-electron chi connectivity index (χ1n) is 5.42. The van der Waals surface area contributed by atoms with Gasteiger partial charge in [0.25, 0.3) is 0 Å². The van der Waals surface area contributed by atoms with Gasteiger partial charge in [-0.2, -0.15) is 5.26 Å². The number of nitrogens with one attached hydrogen (secondary N) is 1. The first kappa shape index (κ1) is 11.3. The van der Waals surface area contributed by atoms with Crippen molar-refractivity contribution in [1.29, 1.82) is 5.26 Å². The maximum atomic E-state index is 10.6. The Balaban J connectivity index is 2.15. The minimum atomic E-state index is -0.596. The SMILES string of the molecule is CC1CC(Nc2ccc([N+](=O)[O-])c(C#N)n2)C1. The quantitative estimate of drug-likeness (QED) is 0.636. The summed E-state index contributed by atoms with van der Waals surface area (Å²) in [7, 11) is 0. The molecule has 1 aromatic rings. The van der Waals surface area contributed by atoms with Gasteiger partial charge in [-0.15, -0.1) is 0 Å². The normalized spacial score (nSPS) is 22.4. The van der Waals surface area contributed by atoms with Gasteiger partial charge < -0.3 is 5.32 Å². The number of anilines is 1. The number of aromatic nitrogens is 1. The van der Waals surface area contributed by atoms with Crippen LogP contribution in [0.15, 0.2) is 12.1 Å². The van der Waals surface area contributed by atoms with Gasteiger partial charge in [-0.05, 0) is 24.8 Å². The molecule has 1 aliphatic rings. The van der Waals surface area contributed by atoms with Crippen LogP contribution in [0.5, 0.6) is 0 Å². The van der Waals surface area contributed by atoms with Gasteiger partial charge in [0.1, 0.15) is 11.9 Å². The first-order chi connectivity index (χ1) is 8.10. The van der Waals surface area contributed by atoms with E-state index in [1.165, 1.54) is 6.07 Å². The van der Waals surface area contributed by atoms with Crippen LogP contribution < -0.4 is 5.32 Å². The van der Waals surface area contributed by atoms with Crippen LogP contribution in [-0.4, -0.2) is 15.9 Å². The van der Waals surface area contributed by atoms with Gasteiger partial charge in [-0.3, -0.25) is 10.1 Å². The second-order valence-corrected chi connectivity index (χ2v) is 4.35. The van der Waals surface area contributed by atoms with Crippen LogP contribution in [0.4, 0.5) is 11.5 Å². The van der Waals surface area contributed by atoms with Crippen LogP contribution in [0.2, 0.25) is 0 Å². The van der Waals surface area contributed by atoms with Crippen LogP contribution in [0.1, 0.15) is 25.5 Å². The summed E-state index contributed by atoms with van der Waals surface area (Å²) in [6.07, 6.45) is 2.14. The molecular formula is C11H12N4O2. The Morgan fingerprint density at radius 2 is 2.29 bits per heavy atom. The van der Waals surface area contributed by atoms with E-state index in [1.807, 2.05) is 0 Å². The van der Waals surface area contributed by atoms with E-state index in [0.29, 0.717) is 17.8 Å². The van der Waals surface area contributed by atoms with Gasteiger partial charge in [0.2, 0.25) is 5.69 Å². The predicted molar refractivity (Wildman–Crippen MR) is 61.4 cm³/mol. The number of nitriles is 1. The summed E-state index contributed by atoms with van der Waals surface area (Å²) < 4.78 is 0. The van der Waals surface area contributed by atoms with E-state index in [1.54, 1.807) is 12.1 Å². The summed E-state index contributed by atoms with van der Waals surface area (Å²) in [5.41, 5.74) is -0.396. The van der Waals surface area contributed by atoms with E-state index in [0.717, 1.165) is 12.8 Å². The van der Waals surface area contributed by atoms with Crippen molar-refractivity contribution in [3.8, 4) is 6.07 Å². The Kier molecular flexibility index (Phi) is 2.91. The average molecular weight is 232 g/mol. The molecule has 17 heavy (non-hydrogen) atoms. The molecule has 1 fully saturated rings. The lowest BCUT2D eigenvalue weighted by molar-refractivity contribution is -0.385. The molecule has 6 heteroatoms. The lowest BCUT2D eigenvalue weighted by atomic mass is 9.82. The number of hydrogen-bond acceptors (Lipinski definition) is 5. The highest BCUT2D eigenvalue weighted by Crippen LogP contribution is 2.29. The van der Waals surface area contributed by atoms with Crippen LogP contribution >= 0.6 is 0 Å². The Morgan fingerprint density at radius 1 is 1.59 bits per heavy atom. The van der Waals surface area contributed by atoms with Gasteiger partial charge >= 0.3 is 5.69 Å². The van der Waals surface area contributed by atoms with E-state index in [4.69, 9.17) is 5.26 Å². The zero-order valence-corrected chi connectivity index (χ0v) is 9.38. The fourth-order valence-electron chi connectivity index (χ4n) is 1.99. The number of rotatable bonds is 3. The molecule has 0 aliphatic heterocycles. The summed E-state index contributed by atoms with van der Waals surface area (Å²) in [6.45, 7) is 2.17. The smallest absolute Gasteiger partial charge is 0.305 e. The molecule has 6 nitrogen and oxygen atoms in total. The third kappa shape index (κ3) is 2.33. The fourth-order valence-corrected chi connectivity index (χ4v) is 1.99.